The Balaban J connectivity index is 2.92. The minimum absolute atomic E-state index is 0.0772. The number of likely N-dealkylation sites (N-methyl/N-ethyl adjacent to an activating group) is 2. The highest BCUT2D eigenvalue weighted by Crippen LogP contribution is 2.14. The first-order valence-electron chi connectivity index (χ1n) is 5.91. The maximum atomic E-state index is 13.7. The number of carbonyl (C=O) groups excluding carboxylic acids is 2. The zero-order valence-electron chi connectivity index (χ0n) is 11.3. The number of rotatable bonds is 4. The van der Waals surface area contributed by atoms with Crippen LogP contribution in [0, 0.1) is 5.82 Å². The average Bonchev–Trinajstić information content (AvgIpc) is 2.34. The Kier molecular flexibility index (Phi) is 4.86. The highest BCUT2D eigenvalue weighted by molar-refractivity contribution is 5.97. The normalized spacial score (nSPS) is 10.1. The van der Waals surface area contributed by atoms with E-state index in [1.165, 1.54) is 21.9 Å². The third-order valence-electron chi connectivity index (χ3n) is 2.72. The predicted molar refractivity (Wildman–Crippen MR) is 71.1 cm³/mol. The van der Waals surface area contributed by atoms with Crippen LogP contribution in [0.25, 0.3) is 0 Å². The van der Waals surface area contributed by atoms with Crippen LogP contribution in [-0.2, 0) is 4.79 Å². The number of halogens is 1. The Labute approximate surface area is 111 Å². The van der Waals surface area contributed by atoms with Gasteiger partial charge >= 0.3 is 0 Å². The molecule has 104 valence electrons. The lowest BCUT2D eigenvalue weighted by Gasteiger charge is -2.22. The van der Waals surface area contributed by atoms with Crippen molar-refractivity contribution in [2.75, 3.05) is 32.9 Å². The van der Waals surface area contributed by atoms with Gasteiger partial charge in [-0.2, -0.15) is 0 Å². The molecular weight excluding hydrogens is 249 g/mol. The quantitative estimate of drug-likeness (QED) is 0.826. The first kappa shape index (κ1) is 14.9. The summed E-state index contributed by atoms with van der Waals surface area (Å²) in [5.41, 5.74) is 5.60. The number of benzene rings is 1. The van der Waals surface area contributed by atoms with E-state index in [-0.39, 0.29) is 23.7 Å². The van der Waals surface area contributed by atoms with Gasteiger partial charge in [0.05, 0.1) is 12.1 Å². The molecule has 2 N–H and O–H groups in total. The van der Waals surface area contributed by atoms with Crippen molar-refractivity contribution in [3.05, 3.63) is 29.6 Å². The van der Waals surface area contributed by atoms with Gasteiger partial charge in [-0.1, -0.05) is 0 Å². The number of nitrogens with two attached hydrogens (primary N) is 1. The summed E-state index contributed by atoms with van der Waals surface area (Å²) in [7, 11) is 3.20. The van der Waals surface area contributed by atoms with Crippen molar-refractivity contribution in [1.29, 1.82) is 0 Å². The summed E-state index contributed by atoms with van der Waals surface area (Å²) in [5.74, 6) is -1.41. The van der Waals surface area contributed by atoms with Crippen LogP contribution in [0.3, 0.4) is 0 Å². The third-order valence-corrected chi connectivity index (χ3v) is 2.72. The molecule has 0 saturated carbocycles. The van der Waals surface area contributed by atoms with E-state index in [1.807, 2.05) is 0 Å². The summed E-state index contributed by atoms with van der Waals surface area (Å²) in [6, 6.07) is 3.88. The molecule has 5 nitrogen and oxygen atoms in total. The topological polar surface area (TPSA) is 66.6 Å². The van der Waals surface area contributed by atoms with Gasteiger partial charge in [-0.3, -0.25) is 9.59 Å². The lowest BCUT2D eigenvalue weighted by atomic mass is 10.1. The Morgan fingerprint density at radius 2 is 1.95 bits per heavy atom. The average molecular weight is 267 g/mol. The maximum absolute atomic E-state index is 13.7. The zero-order chi connectivity index (χ0) is 14.6. The Hall–Kier alpha value is -2.11. The van der Waals surface area contributed by atoms with Crippen LogP contribution >= 0.6 is 0 Å². The van der Waals surface area contributed by atoms with Crippen LogP contribution in [0.2, 0.25) is 0 Å². The van der Waals surface area contributed by atoms with Gasteiger partial charge in [0.25, 0.3) is 5.91 Å². The molecule has 0 fully saturated rings. The van der Waals surface area contributed by atoms with Crippen LogP contribution in [0.5, 0.6) is 0 Å². The molecule has 0 saturated heterocycles. The van der Waals surface area contributed by atoms with Gasteiger partial charge < -0.3 is 15.5 Å². The highest BCUT2D eigenvalue weighted by atomic mass is 19.1. The molecule has 1 aromatic carbocycles. The van der Waals surface area contributed by atoms with E-state index < -0.39 is 11.7 Å². The molecule has 0 atom stereocenters. The van der Waals surface area contributed by atoms with Gasteiger partial charge in [0.15, 0.2) is 0 Å². The van der Waals surface area contributed by atoms with Crippen molar-refractivity contribution in [1.82, 2.24) is 9.80 Å². The second-order valence-electron chi connectivity index (χ2n) is 4.35. The van der Waals surface area contributed by atoms with Crippen molar-refractivity contribution in [3.63, 3.8) is 0 Å². The molecular formula is C13H18FN3O2. The number of nitrogen functional groups attached to an aromatic ring is 1. The molecule has 0 aliphatic carbocycles. The smallest absolute Gasteiger partial charge is 0.257 e. The minimum atomic E-state index is -0.680. The Bertz CT molecular complexity index is 489. The third kappa shape index (κ3) is 3.67. The van der Waals surface area contributed by atoms with Crippen molar-refractivity contribution >= 4 is 17.5 Å². The summed E-state index contributed by atoms with van der Waals surface area (Å²) in [6.07, 6.45) is 0. The molecule has 6 heteroatoms. The molecule has 0 spiro atoms. The van der Waals surface area contributed by atoms with Crippen LogP contribution < -0.4 is 5.73 Å². The van der Waals surface area contributed by atoms with Gasteiger partial charge in [-0.05, 0) is 25.1 Å². The molecule has 19 heavy (non-hydrogen) atoms. The second-order valence-corrected chi connectivity index (χ2v) is 4.35. The summed E-state index contributed by atoms with van der Waals surface area (Å²) in [4.78, 5) is 26.4. The summed E-state index contributed by atoms with van der Waals surface area (Å²) >= 11 is 0. The van der Waals surface area contributed by atoms with Gasteiger partial charge in [-0.25, -0.2) is 4.39 Å². The first-order chi connectivity index (χ1) is 8.86. The zero-order valence-corrected chi connectivity index (χ0v) is 11.3. The fourth-order valence-electron chi connectivity index (χ4n) is 1.51. The van der Waals surface area contributed by atoms with Crippen molar-refractivity contribution in [2.24, 2.45) is 0 Å². The molecule has 1 aromatic rings. The maximum Gasteiger partial charge on any atom is 0.257 e. The first-order valence-corrected chi connectivity index (χ1v) is 5.91. The SMILES string of the molecule is CCN(CC(=O)N(C)C)C(=O)c1ccc(N)cc1F. The van der Waals surface area contributed by atoms with E-state index in [9.17, 15) is 14.0 Å². The Morgan fingerprint density at radius 3 is 2.42 bits per heavy atom. The number of hydrogen-bond donors (Lipinski definition) is 1. The van der Waals surface area contributed by atoms with E-state index in [4.69, 9.17) is 5.73 Å². The number of carbonyl (C=O) groups is 2. The minimum Gasteiger partial charge on any atom is -0.399 e. The van der Waals surface area contributed by atoms with Crippen LogP contribution in [-0.4, -0.2) is 48.8 Å². The van der Waals surface area contributed by atoms with E-state index in [2.05, 4.69) is 0 Å². The Morgan fingerprint density at radius 1 is 1.32 bits per heavy atom. The molecule has 0 heterocycles. The molecule has 0 aliphatic heterocycles. The van der Waals surface area contributed by atoms with E-state index >= 15 is 0 Å². The number of nitrogens with zero attached hydrogens (tertiary/aromatic N) is 2. The largest absolute Gasteiger partial charge is 0.399 e. The summed E-state index contributed by atoms with van der Waals surface area (Å²) in [6.45, 7) is 1.98. The molecule has 0 bridgehead atoms. The molecule has 0 radical (unpaired) electrons. The van der Waals surface area contributed by atoms with Crippen molar-refractivity contribution < 1.29 is 14.0 Å². The lowest BCUT2D eigenvalue weighted by Crippen LogP contribution is -2.40. The highest BCUT2D eigenvalue weighted by Gasteiger charge is 2.20. The molecule has 1 rings (SSSR count). The number of anilines is 1. The van der Waals surface area contributed by atoms with Gasteiger partial charge in [-0.15, -0.1) is 0 Å². The van der Waals surface area contributed by atoms with Gasteiger partial charge in [0.1, 0.15) is 5.82 Å². The standard InChI is InChI=1S/C13H18FN3O2/c1-4-17(8-12(18)16(2)3)13(19)10-6-5-9(15)7-11(10)14/h5-7H,4,8,15H2,1-3H3. The second kappa shape index (κ2) is 6.17. The fourth-order valence-corrected chi connectivity index (χ4v) is 1.51. The predicted octanol–water partition coefficient (Wildman–Crippen LogP) is 0.958. The van der Waals surface area contributed by atoms with Crippen LogP contribution in [0.15, 0.2) is 18.2 Å². The van der Waals surface area contributed by atoms with Crippen molar-refractivity contribution in [2.45, 2.75) is 6.92 Å². The van der Waals surface area contributed by atoms with Crippen LogP contribution in [0.4, 0.5) is 10.1 Å². The summed E-state index contributed by atoms with van der Waals surface area (Å²) in [5, 5.41) is 0. The molecule has 0 aromatic heterocycles. The number of hydrogen-bond acceptors (Lipinski definition) is 3. The van der Waals surface area contributed by atoms with Gasteiger partial charge in [0.2, 0.25) is 5.91 Å². The van der Waals surface area contributed by atoms with E-state index in [0.717, 1.165) is 6.07 Å². The van der Waals surface area contributed by atoms with Crippen molar-refractivity contribution in [3.8, 4) is 0 Å². The monoisotopic (exact) mass is 267 g/mol. The number of amides is 2. The van der Waals surface area contributed by atoms with Crippen LogP contribution in [0.1, 0.15) is 17.3 Å². The molecule has 0 aliphatic rings. The molecule has 2 amide bonds. The van der Waals surface area contributed by atoms with Gasteiger partial charge in [0, 0.05) is 26.3 Å². The molecule has 0 unspecified atom stereocenters. The lowest BCUT2D eigenvalue weighted by molar-refractivity contribution is -0.129. The fraction of sp³-hybridized carbons (Fsp3) is 0.385. The van der Waals surface area contributed by atoms with E-state index in [0.29, 0.717) is 6.54 Å². The summed E-state index contributed by atoms with van der Waals surface area (Å²) < 4.78 is 13.7. The van der Waals surface area contributed by atoms with E-state index in [1.54, 1.807) is 21.0 Å².